The fourth-order valence-electron chi connectivity index (χ4n) is 3.92. The normalized spacial score (nSPS) is 12.7. The van der Waals surface area contributed by atoms with Gasteiger partial charge in [-0.2, -0.15) is 5.26 Å². The Labute approximate surface area is 253 Å². The average molecular weight is 630 g/mol. The zero-order valence-corrected chi connectivity index (χ0v) is 27.2. The van der Waals surface area contributed by atoms with Crippen molar-refractivity contribution in [3.63, 3.8) is 0 Å². The molecular formula is C28H38CuN8O3S. The summed E-state index contributed by atoms with van der Waals surface area (Å²) in [5.41, 5.74) is 0.917. The summed E-state index contributed by atoms with van der Waals surface area (Å²) in [6, 6.07) is 7.22. The van der Waals surface area contributed by atoms with Crippen molar-refractivity contribution in [1.82, 2.24) is 20.0 Å². The number of rotatable bonds is 7. The molecule has 0 unspecified atom stereocenters. The third kappa shape index (κ3) is 7.36. The van der Waals surface area contributed by atoms with Gasteiger partial charge in [-0.05, 0) is 48.7 Å². The number of ether oxygens (including phenoxy) is 1. The van der Waals surface area contributed by atoms with Crippen LogP contribution < -0.4 is 9.84 Å². The number of nitriles is 1. The van der Waals surface area contributed by atoms with E-state index in [-0.39, 0.29) is 62.6 Å². The minimum Gasteiger partial charge on any atom is -0.493 e. The molecular weight excluding hydrogens is 592 g/mol. The summed E-state index contributed by atoms with van der Waals surface area (Å²) in [6.45, 7) is 19.6. The zero-order valence-electron chi connectivity index (χ0n) is 25.5. The van der Waals surface area contributed by atoms with Crippen LogP contribution >= 0.6 is 0 Å². The molecule has 41 heavy (non-hydrogen) atoms. The molecule has 3 rings (SSSR count). The maximum absolute atomic E-state index is 13.8. The van der Waals surface area contributed by atoms with Crippen molar-refractivity contribution in [2.75, 3.05) is 6.61 Å². The van der Waals surface area contributed by atoms with Gasteiger partial charge in [-0.3, -0.25) is 15.3 Å². The molecule has 2 heterocycles. The molecule has 0 saturated heterocycles. The molecule has 0 amide bonds. The van der Waals surface area contributed by atoms with Crippen molar-refractivity contribution in [3.05, 3.63) is 45.4 Å². The first kappa shape index (κ1) is 34.0. The third-order valence-electron chi connectivity index (χ3n) is 6.07. The largest absolute Gasteiger partial charge is 2.00 e. The van der Waals surface area contributed by atoms with Crippen LogP contribution in [0.2, 0.25) is 0 Å². The van der Waals surface area contributed by atoms with Crippen LogP contribution in [0.15, 0.2) is 33.3 Å². The van der Waals surface area contributed by atoms with E-state index in [0.29, 0.717) is 11.4 Å². The van der Waals surface area contributed by atoms with Gasteiger partial charge in [0.15, 0.2) is 0 Å². The summed E-state index contributed by atoms with van der Waals surface area (Å²) in [7, 11) is -2.68. The number of nitrogens with zero attached hydrogens (tertiary/aromatic N) is 8. The Morgan fingerprint density at radius 2 is 1.63 bits per heavy atom. The van der Waals surface area contributed by atoms with E-state index < -0.39 is 20.9 Å². The van der Waals surface area contributed by atoms with Gasteiger partial charge in [0.2, 0.25) is 10.0 Å². The quantitative estimate of drug-likeness (QED) is 0.207. The van der Waals surface area contributed by atoms with E-state index in [9.17, 15) is 13.7 Å². The average Bonchev–Trinajstić information content (AvgIpc) is 3.38. The van der Waals surface area contributed by atoms with Crippen LogP contribution in [0, 0.1) is 11.3 Å². The number of aryl methyl sites for hydroxylation is 1. The smallest absolute Gasteiger partial charge is 0.493 e. The zero-order chi connectivity index (χ0) is 30.3. The van der Waals surface area contributed by atoms with Gasteiger partial charge < -0.3 is 24.4 Å². The van der Waals surface area contributed by atoms with Crippen molar-refractivity contribution in [3.8, 4) is 11.8 Å². The first-order valence-corrected chi connectivity index (χ1v) is 14.4. The molecule has 1 aromatic carbocycles. The first-order chi connectivity index (χ1) is 18.3. The van der Waals surface area contributed by atoms with Gasteiger partial charge >= 0.3 is 17.1 Å². The van der Waals surface area contributed by atoms with Gasteiger partial charge in [0, 0.05) is 10.8 Å². The van der Waals surface area contributed by atoms with Gasteiger partial charge in [0.05, 0.1) is 29.2 Å². The van der Waals surface area contributed by atoms with Crippen LogP contribution in [-0.2, 0) is 50.4 Å². The third-order valence-corrected chi connectivity index (χ3v) is 7.36. The second-order valence-electron chi connectivity index (χ2n) is 12.6. The number of hydrogen-bond acceptors (Lipinski definition) is 8. The summed E-state index contributed by atoms with van der Waals surface area (Å²) in [5, 5.41) is 31.1. The SMILES string of the molecule is CCOc1ccc(C(C)(C)C)cc1S(=O)(=O)[N-]c1c(N=Nc2[n-]nc(C(C)(C)C)c2C#N)c(C(C)(C)C)nn1C.[Cu+2]. The Kier molecular flexibility index (Phi) is 9.92. The predicted molar refractivity (Wildman–Crippen MR) is 154 cm³/mol. The molecule has 0 bridgehead atoms. The molecule has 0 aliphatic heterocycles. The molecule has 0 fully saturated rings. The second-order valence-corrected chi connectivity index (χ2v) is 14.2. The monoisotopic (exact) mass is 629 g/mol. The molecule has 225 valence electrons. The molecule has 0 aliphatic rings. The predicted octanol–water partition coefficient (Wildman–Crippen LogP) is 6.74. The molecule has 0 atom stereocenters. The maximum atomic E-state index is 13.8. The topological polar surface area (TPSA) is 151 Å². The molecule has 11 nitrogen and oxygen atoms in total. The first-order valence-electron chi connectivity index (χ1n) is 13.0. The van der Waals surface area contributed by atoms with E-state index in [1.165, 1.54) is 4.68 Å². The summed E-state index contributed by atoms with van der Waals surface area (Å²) < 4.78 is 38.8. The standard InChI is InChI=1S/C28H38N8O3S.Cu/c1-12-39-19-14-13-17(26(2,3)4)15-20(19)40(37,38)35-25-21(23(28(8,9)10)34-36(25)11)30-32-24-18(16-29)22(31-33-24)27(5,6)7;/h13-15H,12H2,1-11H3;/q-2;+2. The number of sulfonamides is 1. The van der Waals surface area contributed by atoms with Crippen molar-refractivity contribution in [1.29, 1.82) is 5.26 Å². The van der Waals surface area contributed by atoms with Gasteiger partial charge in [0.25, 0.3) is 0 Å². The number of aromatic nitrogens is 4. The number of benzene rings is 1. The van der Waals surface area contributed by atoms with Crippen molar-refractivity contribution in [2.45, 2.75) is 90.4 Å². The minimum absolute atomic E-state index is 0. The summed E-state index contributed by atoms with van der Waals surface area (Å²) in [4.78, 5) is -0.0494. The van der Waals surface area contributed by atoms with Gasteiger partial charge in [-0.1, -0.05) is 68.4 Å². The Morgan fingerprint density at radius 1 is 1.02 bits per heavy atom. The van der Waals surface area contributed by atoms with Crippen LogP contribution in [0.3, 0.4) is 0 Å². The van der Waals surface area contributed by atoms with E-state index in [1.807, 2.05) is 68.4 Å². The molecule has 1 radical (unpaired) electrons. The van der Waals surface area contributed by atoms with Crippen LogP contribution in [0.5, 0.6) is 5.75 Å². The summed E-state index contributed by atoms with van der Waals surface area (Å²) in [5.74, 6) is 0.244. The van der Waals surface area contributed by atoms with E-state index >= 15 is 0 Å². The molecule has 0 spiro atoms. The molecule has 2 aromatic heterocycles. The van der Waals surface area contributed by atoms with E-state index in [4.69, 9.17) is 4.74 Å². The Balaban J connectivity index is 0.00000588. The second kappa shape index (κ2) is 12.0. The fraction of sp³-hybridized carbons (Fsp3) is 0.536. The molecule has 0 saturated carbocycles. The van der Waals surface area contributed by atoms with E-state index in [2.05, 4.69) is 36.3 Å². The minimum atomic E-state index is -4.28. The van der Waals surface area contributed by atoms with Crippen LogP contribution in [0.1, 0.15) is 91.8 Å². The molecule has 0 aliphatic carbocycles. The van der Waals surface area contributed by atoms with Crippen molar-refractivity contribution >= 4 is 27.3 Å². The molecule has 13 heteroatoms. The molecule has 0 N–H and O–H groups in total. The Hall–Kier alpha value is -3.20. The fourth-order valence-corrected chi connectivity index (χ4v) is 5.10. The van der Waals surface area contributed by atoms with Gasteiger partial charge in [-0.15, -0.1) is 0 Å². The summed E-state index contributed by atoms with van der Waals surface area (Å²) in [6.07, 6.45) is 0. The van der Waals surface area contributed by atoms with Crippen molar-refractivity contribution in [2.24, 2.45) is 17.3 Å². The number of hydrogen-bond donors (Lipinski definition) is 0. The Morgan fingerprint density at radius 3 is 2.15 bits per heavy atom. The van der Waals surface area contributed by atoms with Crippen LogP contribution in [0.25, 0.3) is 4.72 Å². The van der Waals surface area contributed by atoms with Gasteiger partial charge in [0.1, 0.15) is 16.7 Å². The van der Waals surface area contributed by atoms with Crippen molar-refractivity contribution < 1.29 is 30.2 Å². The van der Waals surface area contributed by atoms with E-state index in [0.717, 1.165) is 5.56 Å². The van der Waals surface area contributed by atoms with Crippen LogP contribution in [-0.4, -0.2) is 29.9 Å². The summed E-state index contributed by atoms with van der Waals surface area (Å²) >= 11 is 0. The Bertz CT molecular complexity index is 1580. The van der Waals surface area contributed by atoms with Crippen LogP contribution in [0.4, 0.5) is 17.3 Å². The maximum Gasteiger partial charge on any atom is 2.00 e. The van der Waals surface area contributed by atoms with E-state index in [1.54, 1.807) is 26.1 Å². The van der Waals surface area contributed by atoms with Gasteiger partial charge in [-0.25, -0.2) is 8.42 Å². The molecule has 3 aromatic rings. The number of azo groups is 1.